The average molecular weight is 263 g/mol. The van der Waals surface area contributed by atoms with E-state index in [1.807, 2.05) is 19.2 Å². The normalized spacial score (nSPS) is 14.6. The minimum atomic E-state index is -0.101. The van der Waals surface area contributed by atoms with Crippen molar-refractivity contribution in [1.82, 2.24) is 10.6 Å². The molecular weight excluding hydrogens is 242 g/mol. The number of carbonyl (C=O) groups is 1. The van der Waals surface area contributed by atoms with E-state index in [1.165, 1.54) is 5.56 Å². The second-order valence-corrected chi connectivity index (χ2v) is 5.39. The molecule has 5 nitrogen and oxygen atoms in total. The van der Waals surface area contributed by atoms with Crippen molar-refractivity contribution in [2.75, 3.05) is 32.2 Å². The molecule has 0 atom stereocenters. The minimum Gasteiger partial charge on any atom is -0.482 e. The number of benzene rings is 1. The van der Waals surface area contributed by atoms with Crippen LogP contribution in [-0.4, -0.2) is 32.8 Å². The molecular formula is C14H21N3O2. The molecule has 0 spiro atoms. The van der Waals surface area contributed by atoms with Crippen LogP contribution in [0.25, 0.3) is 0 Å². The number of hydrogen-bond donors (Lipinski definition) is 3. The summed E-state index contributed by atoms with van der Waals surface area (Å²) in [4.78, 5) is 11.3. The molecule has 104 valence electrons. The summed E-state index contributed by atoms with van der Waals surface area (Å²) in [5.74, 6) is 0.637. The third-order valence-corrected chi connectivity index (χ3v) is 3.26. The Labute approximate surface area is 113 Å². The van der Waals surface area contributed by atoms with Crippen molar-refractivity contribution in [1.29, 1.82) is 0 Å². The van der Waals surface area contributed by atoms with Gasteiger partial charge in [0.1, 0.15) is 5.75 Å². The van der Waals surface area contributed by atoms with Crippen LogP contribution in [0.1, 0.15) is 19.4 Å². The number of rotatable bonds is 5. The molecule has 3 N–H and O–H groups in total. The Morgan fingerprint density at radius 3 is 2.95 bits per heavy atom. The SMILES string of the molecule is CNCNCC(C)(C)c1ccc2c(c1)NC(=O)CO2. The molecule has 0 radical (unpaired) electrons. The van der Waals surface area contributed by atoms with Crippen LogP contribution in [0.3, 0.4) is 0 Å². The van der Waals surface area contributed by atoms with Crippen molar-refractivity contribution in [2.45, 2.75) is 19.3 Å². The Morgan fingerprint density at radius 2 is 2.21 bits per heavy atom. The Morgan fingerprint density at radius 1 is 1.42 bits per heavy atom. The Balaban J connectivity index is 2.16. The highest BCUT2D eigenvalue weighted by atomic mass is 16.5. The zero-order valence-electron chi connectivity index (χ0n) is 11.7. The topological polar surface area (TPSA) is 62.4 Å². The lowest BCUT2D eigenvalue weighted by Gasteiger charge is -2.28. The molecule has 1 heterocycles. The van der Waals surface area contributed by atoms with Crippen LogP contribution in [0.4, 0.5) is 5.69 Å². The molecule has 0 fully saturated rings. The van der Waals surface area contributed by atoms with Crippen LogP contribution >= 0.6 is 0 Å². The lowest BCUT2D eigenvalue weighted by atomic mass is 9.84. The predicted molar refractivity (Wildman–Crippen MR) is 75.5 cm³/mol. The van der Waals surface area contributed by atoms with E-state index in [1.54, 1.807) is 0 Å². The van der Waals surface area contributed by atoms with Gasteiger partial charge in [-0.1, -0.05) is 19.9 Å². The average Bonchev–Trinajstić information content (AvgIpc) is 2.38. The lowest BCUT2D eigenvalue weighted by Crippen LogP contribution is -2.37. The molecule has 0 saturated heterocycles. The largest absolute Gasteiger partial charge is 0.482 e. The first-order valence-electron chi connectivity index (χ1n) is 6.45. The second kappa shape index (κ2) is 5.59. The summed E-state index contributed by atoms with van der Waals surface area (Å²) in [7, 11) is 1.91. The molecule has 1 aromatic carbocycles. The number of hydrogen-bond acceptors (Lipinski definition) is 4. The van der Waals surface area contributed by atoms with Crippen molar-refractivity contribution in [3.05, 3.63) is 23.8 Å². The second-order valence-electron chi connectivity index (χ2n) is 5.39. The summed E-state index contributed by atoms with van der Waals surface area (Å²) >= 11 is 0. The smallest absolute Gasteiger partial charge is 0.262 e. The van der Waals surface area contributed by atoms with E-state index in [0.717, 1.165) is 24.7 Å². The van der Waals surface area contributed by atoms with Crippen molar-refractivity contribution in [3.63, 3.8) is 0 Å². The highest BCUT2D eigenvalue weighted by Gasteiger charge is 2.23. The van der Waals surface area contributed by atoms with E-state index < -0.39 is 0 Å². The third kappa shape index (κ3) is 3.24. The lowest BCUT2D eigenvalue weighted by molar-refractivity contribution is -0.118. The van der Waals surface area contributed by atoms with Gasteiger partial charge in [0.05, 0.1) is 5.69 Å². The van der Waals surface area contributed by atoms with Gasteiger partial charge in [0.2, 0.25) is 0 Å². The highest BCUT2D eigenvalue weighted by molar-refractivity contribution is 5.95. The molecule has 1 aliphatic heterocycles. The standard InChI is InChI=1S/C14H21N3O2/c1-14(2,8-16-9-15-3)10-4-5-12-11(6-10)17-13(18)7-19-12/h4-6,15-16H,7-9H2,1-3H3,(H,17,18). The Hall–Kier alpha value is -1.59. The molecule has 1 aliphatic rings. The maximum atomic E-state index is 11.3. The molecule has 0 aliphatic carbocycles. The number of anilines is 1. The van der Waals surface area contributed by atoms with Crippen molar-refractivity contribution in [2.24, 2.45) is 0 Å². The van der Waals surface area contributed by atoms with Gasteiger partial charge in [-0.15, -0.1) is 0 Å². The van der Waals surface area contributed by atoms with Gasteiger partial charge < -0.3 is 20.7 Å². The first kappa shape index (κ1) is 13.8. The fourth-order valence-corrected chi connectivity index (χ4v) is 2.11. The number of fused-ring (bicyclic) bond motifs is 1. The summed E-state index contributed by atoms with van der Waals surface area (Å²) in [5.41, 5.74) is 1.91. The first-order valence-corrected chi connectivity index (χ1v) is 6.45. The number of nitrogens with one attached hydrogen (secondary N) is 3. The van der Waals surface area contributed by atoms with Crippen LogP contribution in [0, 0.1) is 0 Å². The summed E-state index contributed by atoms with van der Waals surface area (Å²) in [6.07, 6.45) is 0. The maximum Gasteiger partial charge on any atom is 0.262 e. The Bertz CT molecular complexity index is 472. The van der Waals surface area contributed by atoms with E-state index >= 15 is 0 Å². The maximum absolute atomic E-state index is 11.3. The van der Waals surface area contributed by atoms with Gasteiger partial charge in [-0.05, 0) is 24.7 Å². The van der Waals surface area contributed by atoms with E-state index in [4.69, 9.17) is 4.74 Å². The molecule has 1 amide bonds. The summed E-state index contributed by atoms with van der Waals surface area (Å²) < 4.78 is 5.36. The van der Waals surface area contributed by atoms with E-state index in [9.17, 15) is 4.79 Å². The quantitative estimate of drug-likeness (QED) is 0.549. The molecule has 0 bridgehead atoms. The van der Waals surface area contributed by atoms with Gasteiger partial charge in [-0.2, -0.15) is 0 Å². The molecule has 5 heteroatoms. The van der Waals surface area contributed by atoms with Crippen molar-refractivity contribution in [3.8, 4) is 5.75 Å². The first-order chi connectivity index (χ1) is 9.03. The summed E-state index contributed by atoms with van der Waals surface area (Å²) in [6, 6.07) is 5.97. The van der Waals surface area contributed by atoms with Crippen LogP contribution < -0.4 is 20.7 Å². The van der Waals surface area contributed by atoms with Gasteiger partial charge in [-0.3, -0.25) is 4.79 Å². The van der Waals surface area contributed by atoms with Gasteiger partial charge in [0.15, 0.2) is 6.61 Å². The molecule has 19 heavy (non-hydrogen) atoms. The number of amides is 1. The van der Waals surface area contributed by atoms with Crippen LogP contribution in [0.2, 0.25) is 0 Å². The van der Waals surface area contributed by atoms with Crippen LogP contribution in [-0.2, 0) is 10.2 Å². The monoisotopic (exact) mass is 263 g/mol. The molecule has 2 rings (SSSR count). The Kier molecular flexibility index (Phi) is 4.07. The number of ether oxygens (including phenoxy) is 1. The summed E-state index contributed by atoms with van der Waals surface area (Å²) in [5, 5.41) is 9.24. The molecule has 0 aromatic heterocycles. The van der Waals surface area contributed by atoms with Crippen molar-refractivity contribution >= 4 is 11.6 Å². The predicted octanol–water partition coefficient (Wildman–Crippen LogP) is 1.06. The summed E-state index contributed by atoms with van der Waals surface area (Å²) in [6.45, 7) is 6.06. The van der Waals surface area contributed by atoms with Gasteiger partial charge in [0.25, 0.3) is 5.91 Å². The molecule has 0 unspecified atom stereocenters. The van der Waals surface area contributed by atoms with Crippen LogP contribution in [0.15, 0.2) is 18.2 Å². The molecule has 1 aromatic rings. The van der Waals surface area contributed by atoms with E-state index in [2.05, 4.69) is 35.9 Å². The van der Waals surface area contributed by atoms with Crippen molar-refractivity contribution < 1.29 is 9.53 Å². The highest BCUT2D eigenvalue weighted by Crippen LogP contribution is 2.33. The van der Waals surface area contributed by atoms with Gasteiger partial charge in [0, 0.05) is 18.6 Å². The minimum absolute atomic E-state index is 0.0198. The van der Waals surface area contributed by atoms with Crippen LogP contribution in [0.5, 0.6) is 5.75 Å². The van der Waals surface area contributed by atoms with E-state index in [-0.39, 0.29) is 17.9 Å². The molecule has 0 saturated carbocycles. The fraction of sp³-hybridized carbons (Fsp3) is 0.500. The zero-order chi connectivity index (χ0) is 13.9. The third-order valence-electron chi connectivity index (χ3n) is 3.26. The van der Waals surface area contributed by atoms with E-state index in [0.29, 0.717) is 0 Å². The zero-order valence-corrected chi connectivity index (χ0v) is 11.7. The van der Waals surface area contributed by atoms with Gasteiger partial charge >= 0.3 is 0 Å². The number of carbonyl (C=O) groups excluding carboxylic acids is 1. The fourth-order valence-electron chi connectivity index (χ4n) is 2.11. The van der Waals surface area contributed by atoms with Gasteiger partial charge in [-0.25, -0.2) is 0 Å².